The van der Waals surface area contributed by atoms with Crippen molar-refractivity contribution in [2.24, 2.45) is 0 Å². The van der Waals surface area contributed by atoms with E-state index in [4.69, 9.17) is 9.47 Å². The molecule has 3 heteroatoms. The molecule has 0 saturated heterocycles. The lowest BCUT2D eigenvalue weighted by Crippen LogP contribution is -2.10. The molecule has 0 aliphatic rings. The number of ether oxygens (including phenoxy) is 2. The number of nitrogens with one attached hydrogen (secondary N) is 1. The summed E-state index contributed by atoms with van der Waals surface area (Å²) in [6.07, 6.45) is 2.24. The molecule has 1 unspecified atom stereocenters. The Kier molecular flexibility index (Phi) is 6.79. The standard InChI is InChI=1S/C20H27NO2/c1-4-13-22-20-12-7-6-9-17(20)15-21-18-10-8-11-19(14-18)23-16(3)5-2/h6-12,14,16,21H,4-5,13,15H2,1-3H3. The Morgan fingerprint density at radius 2 is 1.87 bits per heavy atom. The zero-order valence-corrected chi connectivity index (χ0v) is 14.3. The summed E-state index contributed by atoms with van der Waals surface area (Å²) < 4.78 is 11.7. The number of anilines is 1. The number of hydrogen-bond donors (Lipinski definition) is 1. The summed E-state index contributed by atoms with van der Waals surface area (Å²) in [4.78, 5) is 0. The molecule has 0 amide bonds. The lowest BCUT2D eigenvalue weighted by Gasteiger charge is -2.15. The van der Waals surface area contributed by atoms with E-state index in [1.165, 1.54) is 0 Å². The molecule has 2 aromatic carbocycles. The lowest BCUT2D eigenvalue weighted by atomic mass is 10.2. The molecule has 1 N–H and O–H groups in total. The highest BCUT2D eigenvalue weighted by Crippen LogP contribution is 2.22. The van der Waals surface area contributed by atoms with Gasteiger partial charge in [0.15, 0.2) is 0 Å². The molecule has 1 atom stereocenters. The maximum absolute atomic E-state index is 5.87. The van der Waals surface area contributed by atoms with Gasteiger partial charge in [0.1, 0.15) is 11.5 Å². The van der Waals surface area contributed by atoms with Crippen LogP contribution in [0.4, 0.5) is 5.69 Å². The van der Waals surface area contributed by atoms with Crippen molar-refractivity contribution in [3.63, 3.8) is 0 Å². The van der Waals surface area contributed by atoms with Crippen molar-refractivity contribution in [1.29, 1.82) is 0 Å². The van der Waals surface area contributed by atoms with E-state index in [2.05, 4.69) is 38.2 Å². The minimum Gasteiger partial charge on any atom is -0.493 e. The molecule has 0 aromatic heterocycles. The molecule has 0 saturated carbocycles. The van der Waals surface area contributed by atoms with Crippen LogP contribution >= 0.6 is 0 Å². The van der Waals surface area contributed by atoms with Crippen LogP contribution in [0.2, 0.25) is 0 Å². The number of rotatable bonds is 9. The lowest BCUT2D eigenvalue weighted by molar-refractivity contribution is 0.217. The maximum Gasteiger partial charge on any atom is 0.124 e. The van der Waals surface area contributed by atoms with Gasteiger partial charge in [-0.1, -0.05) is 38.1 Å². The second-order valence-corrected chi connectivity index (χ2v) is 5.67. The van der Waals surface area contributed by atoms with Crippen molar-refractivity contribution in [2.45, 2.75) is 46.3 Å². The summed E-state index contributed by atoms with van der Waals surface area (Å²) in [5, 5.41) is 3.45. The fraction of sp³-hybridized carbons (Fsp3) is 0.400. The van der Waals surface area contributed by atoms with Crippen molar-refractivity contribution in [3.8, 4) is 11.5 Å². The smallest absolute Gasteiger partial charge is 0.124 e. The minimum absolute atomic E-state index is 0.230. The summed E-state index contributed by atoms with van der Waals surface area (Å²) in [5.74, 6) is 1.86. The predicted octanol–water partition coefficient (Wildman–Crippen LogP) is 5.26. The van der Waals surface area contributed by atoms with E-state index in [0.29, 0.717) is 0 Å². The van der Waals surface area contributed by atoms with E-state index in [-0.39, 0.29) is 6.10 Å². The summed E-state index contributed by atoms with van der Waals surface area (Å²) >= 11 is 0. The molecule has 0 heterocycles. The first-order valence-electron chi connectivity index (χ1n) is 8.44. The van der Waals surface area contributed by atoms with Crippen LogP contribution in [-0.4, -0.2) is 12.7 Å². The highest BCUT2D eigenvalue weighted by atomic mass is 16.5. The van der Waals surface area contributed by atoms with Crippen LogP contribution in [0.3, 0.4) is 0 Å². The molecule has 2 rings (SSSR count). The van der Waals surface area contributed by atoms with Gasteiger partial charge in [-0.3, -0.25) is 0 Å². The van der Waals surface area contributed by atoms with Crippen molar-refractivity contribution in [1.82, 2.24) is 0 Å². The number of benzene rings is 2. The fourth-order valence-corrected chi connectivity index (χ4v) is 2.19. The Morgan fingerprint density at radius 1 is 1.04 bits per heavy atom. The second-order valence-electron chi connectivity index (χ2n) is 5.67. The average molecular weight is 313 g/mol. The Bertz CT molecular complexity index is 598. The molecule has 23 heavy (non-hydrogen) atoms. The van der Waals surface area contributed by atoms with E-state index in [0.717, 1.165) is 48.7 Å². The molecule has 3 nitrogen and oxygen atoms in total. The van der Waals surface area contributed by atoms with Crippen LogP contribution in [0, 0.1) is 0 Å². The molecule has 0 bridgehead atoms. The van der Waals surface area contributed by atoms with E-state index in [1.807, 2.05) is 36.4 Å². The third-order valence-electron chi connectivity index (χ3n) is 3.66. The second kappa shape index (κ2) is 9.09. The van der Waals surface area contributed by atoms with Crippen LogP contribution in [0.25, 0.3) is 0 Å². The van der Waals surface area contributed by atoms with Crippen LogP contribution < -0.4 is 14.8 Å². The highest BCUT2D eigenvalue weighted by molar-refractivity contribution is 5.49. The van der Waals surface area contributed by atoms with Crippen LogP contribution in [-0.2, 0) is 6.54 Å². The Labute approximate surface area is 139 Å². The van der Waals surface area contributed by atoms with Gasteiger partial charge < -0.3 is 14.8 Å². The summed E-state index contributed by atoms with van der Waals surface area (Å²) in [6.45, 7) is 7.80. The summed E-state index contributed by atoms with van der Waals surface area (Å²) in [5.41, 5.74) is 2.21. The molecule has 124 valence electrons. The van der Waals surface area contributed by atoms with E-state index >= 15 is 0 Å². The van der Waals surface area contributed by atoms with Gasteiger partial charge in [-0.15, -0.1) is 0 Å². The molecule has 0 radical (unpaired) electrons. The summed E-state index contributed by atoms with van der Waals surface area (Å²) in [7, 11) is 0. The predicted molar refractivity (Wildman–Crippen MR) is 96.4 cm³/mol. The Balaban J connectivity index is 1.99. The van der Waals surface area contributed by atoms with Crippen LogP contribution in [0.15, 0.2) is 48.5 Å². The van der Waals surface area contributed by atoms with Crippen molar-refractivity contribution < 1.29 is 9.47 Å². The molecule has 0 spiro atoms. The monoisotopic (exact) mass is 313 g/mol. The zero-order chi connectivity index (χ0) is 16.5. The highest BCUT2D eigenvalue weighted by Gasteiger charge is 2.04. The largest absolute Gasteiger partial charge is 0.493 e. The zero-order valence-electron chi connectivity index (χ0n) is 14.3. The van der Waals surface area contributed by atoms with Crippen LogP contribution in [0.1, 0.15) is 39.2 Å². The Hall–Kier alpha value is -2.16. The van der Waals surface area contributed by atoms with E-state index < -0.39 is 0 Å². The van der Waals surface area contributed by atoms with Crippen molar-refractivity contribution in [2.75, 3.05) is 11.9 Å². The molecular weight excluding hydrogens is 286 g/mol. The van der Waals surface area contributed by atoms with Gasteiger partial charge in [0, 0.05) is 23.9 Å². The topological polar surface area (TPSA) is 30.5 Å². The normalized spacial score (nSPS) is 11.8. The quantitative estimate of drug-likeness (QED) is 0.684. The molecule has 0 fully saturated rings. The minimum atomic E-state index is 0.230. The number of para-hydroxylation sites is 1. The van der Waals surface area contributed by atoms with Crippen molar-refractivity contribution in [3.05, 3.63) is 54.1 Å². The third kappa shape index (κ3) is 5.51. The van der Waals surface area contributed by atoms with Gasteiger partial charge >= 0.3 is 0 Å². The van der Waals surface area contributed by atoms with Crippen molar-refractivity contribution >= 4 is 5.69 Å². The van der Waals surface area contributed by atoms with Gasteiger partial charge in [-0.05, 0) is 38.0 Å². The number of hydrogen-bond acceptors (Lipinski definition) is 3. The van der Waals surface area contributed by atoms with Gasteiger partial charge in [-0.2, -0.15) is 0 Å². The van der Waals surface area contributed by atoms with Gasteiger partial charge in [0.25, 0.3) is 0 Å². The first kappa shape index (κ1) is 17.2. The van der Waals surface area contributed by atoms with E-state index in [9.17, 15) is 0 Å². The average Bonchev–Trinajstić information content (AvgIpc) is 2.59. The third-order valence-corrected chi connectivity index (χ3v) is 3.66. The Morgan fingerprint density at radius 3 is 2.65 bits per heavy atom. The SMILES string of the molecule is CCCOc1ccccc1CNc1cccc(OC(C)CC)c1. The first-order valence-corrected chi connectivity index (χ1v) is 8.44. The first-order chi connectivity index (χ1) is 11.2. The molecule has 0 aliphatic carbocycles. The van der Waals surface area contributed by atoms with Gasteiger partial charge in [0.05, 0.1) is 12.7 Å². The fourth-order valence-electron chi connectivity index (χ4n) is 2.19. The molecular formula is C20H27NO2. The molecule has 0 aliphatic heterocycles. The molecule has 2 aromatic rings. The van der Waals surface area contributed by atoms with E-state index in [1.54, 1.807) is 0 Å². The maximum atomic E-state index is 5.87. The summed E-state index contributed by atoms with van der Waals surface area (Å²) in [6, 6.07) is 16.3. The van der Waals surface area contributed by atoms with Crippen LogP contribution in [0.5, 0.6) is 11.5 Å². The van der Waals surface area contributed by atoms with Gasteiger partial charge in [0.2, 0.25) is 0 Å². The van der Waals surface area contributed by atoms with Gasteiger partial charge in [-0.25, -0.2) is 0 Å².